The summed E-state index contributed by atoms with van der Waals surface area (Å²) < 4.78 is 11.4. The zero-order chi connectivity index (χ0) is 16.4. The van der Waals surface area contributed by atoms with Crippen molar-refractivity contribution in [1.29, 1.82) is 0 Å². The van der Waals surface area contributed by atoms with Crippen LogP contribution in [0.15, 0.2) is 33.9 Å². The molecule has 2 bridgehead atoms. The Morgan fingerprint density at radius 1 is 1.08 bits per heavy atom. The number of imide groups is 1. The highest BCUT2D eigenvalue weighted by atomic mass is 79.9. The average molecular weight is 389 g/mol. The molecule has 4 atom stereocenters. The number of carbonyl (C=O) groups is 2. The molecule has 1 saturated carbocycles. The van der Waals surface area contributed by atoms with Crippen LogP contribution in [0.4, 0.5) is 0 Å². The van der Waals surface area contributed by atoms with E-state index >= 15 is 0 Å². The molecular weight excluding hydrogens is 376 g/mol. The van der Waals surface area contributed by atoms with Crippen molar-refractivity contribution in [2.45, 2.75) is 6.42 Å². The summed E-state index contributed by atoms with van der Waals surface area (Å²) in [5.41, 5.74) is 0.720. The van der Waals surface area contributed by atoms with Gasteiger partial charge in [0.1, 0.15) is 0 Å². The molecule has 5 rings (SSSR count). The van der Waals surface area contributed by atoms with Crippen molar-refractivity contribution in [2.75, 3.05) is 6.79 Å². The lowest BCUT2D eigenvalue weighted by Gasteiger charge is -2.13. The molecule has 6 nitrogen and oxygen atoms in total. The lowest BCUT2D eigenvalue weighted by atomic mass is 9.85. The SMILES string of the molecule is O=C1[C@@H]2[C@H](C(=O)N1/N=C\c1cc3c(cc1Br)OCO3)[C@H]1C=C[C@H]2C1. The Kier molecular flexibility index (Phi) is 2.92. The summed E-state index contributed by atoms with van der Waals surface area (Å²) >= 11 is 3.44. The van der Waals surface area contributed by atoms with Crippen molar-refractivity contribution in [1.82, 2.24) is 5.01 Å². The second kappa shape index (κ2) is 4.92. The molecule has 0 unspecified atom stereocenters. The molecule has 4 aliphatic rings. The summed E-state index contributed by atoms with van der Waals surface area (Å²) in [6, 6.07) is 3.56. The van der Waals surface area contributed by atoms with Gasteiger partial charge in [0.15, 0.2) is 11.5 Å². The number of carbonyl (C=O) groups excluding carboxylic acids is 2. The fourth-order valence-corrected chi connectivity index (χ4v) is 4.58. The molecule has 1 aromatic carbocycles. The number of nitrogens with zero attached hydrogens (tertiary/aromatic N) is 2. The maximum absolute atomic E-state index is 12.6. The van der Waals surface area contributed by atoms with Crippen molar-refractivity contribution < 1.29 is 19.1 Å². The van der Waals surface area contributed by atoms with Crippen molar-refractivity contribution in [3.63, 3.8) is 0 Å². The number of halogens is 1. The van der Waals surface area contributed by atoms with Crippen LogP contribution in [0.25, 0.3) is 0 Å². The van der Waals surface area contributed by atoms with E-state index in [9.17, 15) is 9.59 Å². The number of amides is 2. The number of fused-ring (bicyclic) bond motifs is 6. The zero-order valence-electron chi connectivity index (χ0n) is 12.5. The van der Waals surface area contributed by atoms with Crippen molar-refractivity contribution in [2.24, 2.45) is 28.8 Å². The summed E-state index contributed by atoms with van der Waals surface area (Å²) in [6.07, 6.45) is 6.56. The Morgan fingerprint density at radius 2 is 1.71 bits per heavy atom. The minimum Gasteiger partial charge on any atom is -0.454 e. The van der Waals surface area contributed by atoms with E-state index in [4.69, 9.17) is 9.47 Å². The van der Waals surface area contributed by atoms with Crippen LogP contribution >= 0.6 is 15.9 Å². The molecule has 0 spiro atoms. The van der Waals surface area contributed by atoms with Crippen LogP contribution in [-0.4, -0.2) is 29.8 Å². The molecule has 0 N–H and O–H groups in total. The van der Waals surface area contributed by atoms with Crippen LogP contribution < -0.4 is 9.47 Å². The first-order valence-corrected chi connectivity index (χ1v) is 8.62. The molecule has 2 fully saturated rings. The lowest BCUT2D eigenvalue weighted by Crippen LogP contribution is -2.28. The molecule has 7 heteroatoms. The number of hydrogen-bond donors (Lipinski definition) is 0. The van der Waals surface area contributed by atoms with Crippen LogP contribution in [0, 0.1) is 23.7 Å². The van der Waals surface area contributed by atoms with Gasteiger partial charge in [-0.2, -0.15) is 10.1 Å². The summed E-state index contributed by atoms with van der Waals surface area (Å²) in [4.78, 5) is 25.2. The molecule has 2 aliphatic carbocycles. The fourth-order valence-electron chi connectivity index (χ4n) is 4.15. The maximum Gasteiger partial charge on any atom is 0.254 e. The third-order valence-corrected chi connectivity index (χ3v) is 5.94. The van der Waals surface area contributed by atoms with Crippen LogP contribution in [0.5, 0.6) is 11.5 Å². The third kappa shape index (κ3) is 1.84. The number of ether oxygens (including phenoxy) is 2. The maximum atomic E-state index is 12.6. The third-order valence-electron chi connectivity index (χ3n) is 5.25. The molecular formula is C17H13BrN2O4. The zero-order valence-corrected chi connectivity index (χ0v) is 14.1. The van der Waals surface area contributed by atoms with Crippen LogP contribution in [0.3, 0.4) is 0 Å². The van der Waals surface area contributed by atoms with Crippen LogP contribution in [-0.2, 0) is 9.59 Å². The van der Waals surface area contributed by atoms with E-state index in [0.717, 1.165) is 21.5 Å². The highest BCUT2D eigenvalue weighted by molar-refractivity contribution is 9.10. The Balaban J connectivity index is 1.44. The molecule has 24 heavy (non-hydrogen) atoms. The predicted octanol–water partition coefficient (Wildman–Crippen LogP) is 2.32. The summed E-state index contributed by atoms with van der Waals surface area (Å²) in [5.74, 6) is 0.824. The van der Waals surface area contributed by atoms with Gasteiger partial charge in [0.05, 0.1) is 18.1 Å². The average Bonchev–Trinajstić information content (AvgIpc) is 3.31. The van der Waals surface area contributed by atoms with Gasteiger partial charge in [0.25, 0.3) is 11.8 Å². The number of benzene rings is 1. The fraction of sp³-hybridized carbons (Fsp3) is 0.353. The largest absolute Gasteiger partial charge is 0.454 e. The molecule has 122 valence electrons. The van der Waals surface area contributed by atoms with E-state index in [2.05, 4.69) is 33.2 Å². The van der Waals surface area contributed by atoms with E-state index in [1.807, 2.05) is 0 Å². The predicted molar refractivity (Wildman–Crippen MR) is 87.4 cm³/mol. The van der Waals surface area contributed by atoms with Gasteiger partial charge >= 0.3 is 0 Å². The number of hydrazone groups is 1. The first-order chi connectivity index (χ1) is 11.6. The van der Waals surface area contributed by atoms with Gasteiger partial charge in [-0.15, -0.1) is 0 Å². The number of hydrogen-bond acceptors (Lipinski definition) is 5. The Morgan fingerprint density at radius 3 is 2.38 bits per heavy atom. The molecule has 2 heterocycles. The molecule has 1 saturated heterocycles. The van der Waals surface area contributed by atoms with Crippen molar-refractivity contribution in [3.8, 4) is 11.5 Å². The van der Waals surface area contributed by atoms with Gasteiger partial charge < -0.3 is 9.47 Å². The van der Waals surface area contributed by atoms with E-state index in [0.29, 0.717) is 11.5 Å². The van der Waals surface area contributed by atoms with E-state index in [1.54, 1.807) is 12.1 Å². The molecule has 1 aromatic rings. The Labute approximate surface area is 146 Å². The van der Waals surface area contributed by atoms with Gasteiger partial charge in [-0.1, -0.05) is 12.2 Å². The Bertz CT molecular complexity index is 804. The van der Waals surface area contributed by atoms with Gasteiger partial charge in [0, 0.05) is 10.0 Å². The summed E-state index contributed by atoms with van der Waals surface area (Å²) in [6.45, 7) is 0.185. The minimum absolute atomic E-state index is 0.185. The highest BCUT2D eigenvalue weighted by Crippen LogP contribution is 2.52. The Hall–Kier alpha value is -2.15. The van der Waals surface area contributed by atoms with Crippen molar-refractivity contribution in [3.05, 3.63) is 34.3 Å². The monoisotopic (exact) mass is 388 g/mol. The molecule has 2 aliphatic heterocycles. The van der Waals surface area contributed by atoms with Crippen LogP contribution in [0.2, 0.25) is 0 Å². The van der Waals surface area contributed by atoms with Gasteiger partial charge in [-0.3, -0.25) is 9.59 Å². The molecule has 2 amide bonds. The van der Waals surface area contributed by atoms with Gasteiger partial charge in [0.2, 0.25) is 6.79 Å². The highest BCUT2D eigenvalue weighted by Gasteiger charge is 2.59. The van der Waals surface area contributed by atoms with Crippen LogP contribution in [0.1, 0.15) is 12.0 Å². The number of allylic oxidation sites excluding steroid dienone is 2. The van der Waals surface area contributed by atoms with E-state index in [1.165, 1.54) is 6.21 Å². The standard InChI is InChI=1S/C17H13BrN2O4/c18-11-5-13-12(23-7-24-13)4-10(11)6-19-20-16(21)14-8-1-2-9(3-8)15(14)17(20)22/h1-2,4-6,8-9,14-15H,3,7H2/b19-6-/t8-,9-,14-,15+/m0/s1. The number of rotatable bonds is 2. The second-order valence-electron chi connectivity index (χ2n) is 6.46. The smallest absolute Gasteiger partial charge is 0.254 e. The normalized spacial score (nSPS) is 32.5. The second-order valence-corrected chi connectivity index (χ2v) is 7.31. The van der Waals surface area contributed by atoms with Crippen molar-refractivity contribution >= 4 is 34.0 Å². The van der Waals surface area contributed by atoms with Gasteiger partial charge in [-0.25, -0.2) is 0 Å². The topological polar surface area (TPSA) is 68.2 Å². The first-order valence-electron chi connectivity index (χ1n) is 7.83. The molecule has 0 radical (unpaired) electrons. The lowest BCUT2D eigenvalue weighted by molar-refractivity contribution is -0.140. The first kappa shape index (κ1) is 14.2. The quantitative estimate of drug-likeness (QED) is 0.442. The minimum atomic E-state index is -0.232. The van der Waals surface area contributed by atoms with Gasteiger partial charge in [-0.05, 0) is 46.3 Å². The summed E-state index contributed by atoms with van der Waals surface area (Å²) in [7, 11) is 0. The molecule has 0 aromatic heterocycles. The van der Waals surface area contributed by atoms with E-state index in [-0.39, 0.29) is 42.3 Å². The summed E-state index contributed by atoms with van der Waals surface area (Å²) in [5, 5.41) is 5.22. The van der Waals surface area contributed by atoms with E-state index < -0.39 is 0 Å².